The van der Waals surface area contributed by atoms with Crippen molar-refractivity contribution in [1.82, 2.24) is 9.97 Å². The molecule has 0 fully saturated rings. The summed E-state index contributed by atoms with van der Waals surface area (Å²) in [6.45, 7) is 0. The number of hydrogen-bond donors (Lipinski definition) is 0. The molecule has 1 heterocycles. The van der Waals surface area contributed by atoms with Crippen LogP contribution in [-0.2, 0) is 0 Å². The van der Waals surface area contributed by atoms with E-state index in [9.17, 15) is 10.1 Å². The van der Waals surface area contributed by atoms with Crippen LogP contribution in [-0.4, -0.2) is 22.0 Å². The molecule has 0 radical (unpaired) electrons. The number of nitriles is 1. The fraction of sp³-hybridized carbons (Fsp3) is 0.0833. The fourth-order valence-corrected chi connectivity index (χ4v) is 1.70. The number of aromatic nitrogens is 2. The van der Waals surface area contributed by atoms with Crippen LogP contribution in [0.4, 0.5) is 5.69 Å². The van der Waals surface area contributed by atoms with Gasteiger partial charge in [-0.1, -0.05) is 11.6 Å². The second kappa shape index (κ2) is 6.02. The van der Waals surface area contributed by atoms with Gasteiger partial charge in [0.05, 0.1) is 22.6 Å². The largest absolute Gasteiger partial charge is 0.476 e. The molecule has 0 N–H and O–H groups in total. The Kier molecular flexibility index (Phi) is 4.15. The first-order valence-corrected chi connectivity index (χ1v) is 5.85. The van der Waals surface area contributed by atoms with Gasteiger partial charge < -0.3 is 9.47 Å². The Bertz CT molecular complexity index is 745. The van der Waals surface area contributed by atoms with Crippen molar-refractivity contribution in [3.05, 3.63) is 45.2 Å². The van der Waals surface area contributed by atoms with Crippen LogP contribution in [0.1, 0.15) is 5.56 Å². The molecule has 9 heteroatoms. The van der Waals surface area contributed by atoms with E-state index in [0.29, 0.717) is 0 Å². The van der Waals surface area contributed by atoms with Gasteiger partial charge in [0.2, 0.25) is 0 Å². The molecule has 0 spiro atoms. The van der Waals surface area contributed by atoms with E-state index in [4.69, 9.17) is 26.3 Å². The molecule has 0 aliphatic carbocycles. The van der Waals surface area contributed by atoms with Gasteiger partial charge in [-0.15, -0.1) is 0 Å². The average Bonchev–Trinajstić information content (AvgIpc) is 2.46. The third-order valence-corrected chi connectivity index (χ3v) is 2.72. The minimum absolute atomic E-state index is 0.165. The summed E-state index contributed by atoms with van der Waals surface area (Å²) in [4.78, 5) is 17.7. The third-order valence-electron chi connectivity index (χ3n) is 2.41. The number of hydrogen-bond acceptors (Lipinski definition) is 7. The van der Waals surface area contributed by atoms with Crippen molar-refractivity contribution in [3.8, 4) is 23.6 Å². The zero-order valence-corrected chi connectivity index (χ0v) is 11.4. The van der Waals surface area contributed by atoms with Crippen molar-refractivity contribution in [2.24, 2.45) is 0 Å². The Balaban J connectivity index is 2.42. The van der Waals surface area contributed by atoms with Crippen LogP contribution in [0.15, 0.2) is 24.5 Å². The first-order valence-electron chi connectivity index (χ1n) is 5.47. The van der Waals surface area contributed by atoms with Gasteiger partial charge in [-0.3, -0.25) is 10.1 Å². The van der Waals surface area contributed by atoms with Gasteiger partial charge in [0.1, 0.15) is 18.1 Å². The highest BCUT2D eigenvalue weighted by Gasteiger charge is 2.26. The van der Waals surface area contributed by atoms with Gasteiger partial charge in [0.25, 0.3) is 0 Å². The lowest BCUT2D eigenvalue weighted by atomic mass is 10.2. The number of ether oxygens (including phenoxy) is 2. The molecule has 0 aliphatic rings. The summed E-state index contributed by atoms with van der Waals surface area (Å²) < 4.78 is 10.1. The van der Waals surface area contributed by atoms with Gasteiger partial charge in [-0.25, -0.2) is 0 Å². The molecule has 0 amide bonds. The summed E-state index contributed by atoms with van der Waals surface area (Å²) in [5, 5.41) is 20.0. The van der Waals surface area contributed by atoms with E-state index in [2.05, 4.69) is 9.97 Å². The standard InChI is InChI=1S/C12H7ClN4O4/c1-20-11-10(17(18)19)12(16-6-15-11)21-8-3-2-7(5-14)9(13)4-8/h2-4,6H,1H3. The Morgan fingerprint density at radius 3 is 2.67 bits per heavy atom. The lowest BCUT2D eigenvalue weighted by molar-refractivity contribution is -0.387. The van der Waals surface area contributed by atoms with Crippen LogP contribution in [0.2, 0.25) is 5.02 Å². The molecule has 0 saturated carbocycles. The lowest BCUT2D eigenvalue weighted by Crippen LogP contribution is -2.01. The van der Waals surface area contributed by atoms with Crippen LogP contribution in [0.3, 0.4) is 0 Å². The lowest BCUT2D eigenvalue weighted by Gasteiger charge is -2.07. The smallest absolute Gasteiger partial charge is 0.392 e. The van der Waals surface area contributed by atoms with E-state index in [0.717, 1.165) is 6.33 Å². The summed E-state index contributed by atoms with van der Waals surface area (Å²) in [6.07, 6.45) is 1.08. The summed E-state index contributed by atoms with van der Waals surface area (Å²) in [5.74, 6) is -0.305. The number of nitro groups is 1. The monoisotopic (exact) mass is 306 g/mol. The van der Waals surface area contributed by atoms with Crippen LogP contribution in [0, 0.1) is 21.4 Å². The maximum absolute atomic E-state index is 11.1. The molecule has 2 aromatic rings. The molecule has 21 heavy (non-hydrogen) atoms. The van der Waals surface area contributed by atoms with Gasteiger partial charge in [0.15, 0.2) is 0 Å². The van der Waals surface area contributed by atoms with Crippen molar-refractivity contribution in [2.75, 3.05) is 7.11 Å². The Morgan fingerprint density at radius 1 is 1.38 bits per heavy atom. The highest BCUT2D eigenvalue weighted by Crippen LogP contribution is 2.35. The second-order valence-electron chi connectivity index (χ2n) is 3.65. The molecular formula is C12H7ClN4O4. The van der Waals surface area contributed by atoms with E-state index < -0.39 is 10.6 Å². The van der Waals surface area contributed by atoms with E-state index in [1.165, 1.54) is 25.3 Å². The summed E-state index contributed by atoms with van der Waals surface area (Å²) in [7, 11) is 1.25. The molecule has 1 aromatic heterocycles. The summed E-state index contributed by atoms with van der Waals surface area (Å²) >= 11 is 5.86. The Labute approximate surface area is 123 Å². The number of benzene rings is 1. The number of nitrogens with zero attached hydrogens (tertiary/aromatic N) is 4. The van der Waals surface area contributed by atoms with Gasteiger partial charge in [0, 0.05) is 6.07 Å². The number of methoxy groups -OCH3 is 1. The zero-order chi connectivity index (χ0) is 15.4. The van der Waals surface area contributed by atoms with Crippen LogP contribution in [0.5, 0.6) is 17.5 Å². The zero-order valence-electron chi connectivity index (χ0n) is 10.6. The van der Waals surface area contributed by atoms with Crippen LogP contribution >= 0.6 is 11.6 Å². The normalized spacial score (nSPS) is 9.76. The predicted molar refractivity (Wildman–Crippen MR) is 71.5 cm³/mol. The average molecular weight is 307 g/mol. The van der Waals surface area contributed by atoms with E-state index in [-0.39, 0.29) is 28.1 Å². The SMILES string of the molecule is COc1ncnc(Oc2ccc(C#N)c(Cl)c2)c1[N+](=O)[O-]. The molecule has 0 aliphatic heterocycles. The van der Waals surface area contributed by atoms with Crippen molar-refractivity contribution in [2.45, 2.75) is 0 Å². The van der Waals surface area contributed by atoms with Crippen molar-refractivity contribution >= 4 is 17.3 Å². The minimum Gasteiger partial charge on any atom is -0.476 e. The highest BCUT2D eigenvalue weighted by atomic mass is 35.5. The second-order valence-corrected chi connectivity index (χ2v) is 4.06. The molecule has 0 saturated heterocycles. The van der Waals surface area contributed by atoms with Crippen molar-refractivity contribution in [1.29, 1.82) is 5.26 Å². The van der Waals surface area contributed by atoms with E-state index in [1.807, 2.05) is 6.07 Å². The maximum atomic E-state index is 11.1. The van der Waals surface area contributed by atoms with Gasteiger partial charge in [-0.05, 0) is 12.1 Å². The van der Waals surface area contributed by atoms with Gasteiger partial charge in [-0.2, -0.15) is 15.2 Å². The number of halogens is 1. The van der Waals surface area contributed by atoms with E-state index in [1.54, 1.807) is 0 Å². The van der Waals surface area contributed by atoms with Crippen molar-refractivity contribution < 1.29 is 14.4 Å². The minimum atomic E-state index is -0.709. The molecule has 0 bridgehead atoms. The molecule has 1 aromatic carbocycles. The molecule has 106 valence electrons. The molecule has 2 rings (SSSR count). The molecule has 8 nitrogen and oxygen atoms in total. The topological polar surface area (TPSA) is 111 Å². The quantitative estimate of drug-likeness (QED) is 0.630. The molecule has 0 atom stereocenters. The van der Waals surface area contributed by atoms with Gasteiger partial charge >= 0.3 is 17.4 Å². The van der Waals surface area contributed by atoms with Crippen LogP contribution in [0.25, 0.3) is 0 Å². The molecular weight excluding hydrogens is 300 g/mol. The summed E-state index contributed by atoms with van der Waals surface area (Å²) in [5.41, 5.74) is -0.237. The molecule has 0 unspecified atom stereocenters. The van der Waals surface area contributed by atoms with Crippen molar-refractivity contribution in [3.63, 3.8) is 0 Å². The summed E-state index contributed by atoms with van der Waals surface area (Å²) in [6, 6.07) is 6.13. The first kappa shape index (κ1) is 14.5. The Hall–Kier alpha value is -2.92. The Morgan fingerprint density at radius 2 is 2.10 bits per heavy atom. The fourth-order valence-electron chi connectivity index (χ4n) is 1.49. The third kappa shape index (κ3) is 2.98. The first-order chi connectivity index (χ1) is 10.1. The maximum Gasteiger partial charge on any atom is 0.392 e. The highest BCUT2D eigenvalue weighted by molar-refractivity contribution is 6.31. The van der Waals surface area contributed by atoms with E-state index >= 15 is 0 Å². The number of rotatable bonds is 4. The predicted octanol–water partition coefficient (Wildman–Crippen LogP) is 2.71. The van der Waals surface area contributed by atoms with Crippen LogP contribution < -0.4 is 9.47 Å².